The standard InChI is InChI=1S/C15H18N2O4/c1-10(18)16-11-5-7-17(8-6-11)15(19)12-3-2-4-13-14(12)21-9-20-13/h2-4,11H,5-9H2,1H3,(H,16,18). The second-order valence-electron chi connectivity index (χ2n) is 5.31. The minimum absolute atomic E-state index is 0.0220. The van der Waals surface area contributed by atoms with Crippen LogP contribution in [0.4, 0.5) is 0 Å². The molecule has 6 heteroatoms. The lowest BCUT2D eigenvalue weighted by atomic mass is 10.0. The third kappa shape index (κ3) is 2.79. The number of ether oxygens (including phenoxy) is 2. The van der Waals surface area contributed by atoms with Gasteiger partial charge in [0.25, 0.3) is 5.91 Å². The van der Waals surface area contributed by atoms with E-state index in [1.807, 2.05) is 0 Å². The maximum Gasteiger partial charge on any atom is 0.257 e. The van der Waals surface area contributed by atoms with E-state index in [0.717, 1.165) is 12.8 Å². The van der Waals surface area contributed by atoms with Crippen molar-refractivity contribution < 1.29 is 19.1 Å². The first-order valence-electron chi connectivity index (χ1n) is 7.10. The van der Waals surface area contributed by atoms with Gasteiger partial charge in [0, 0.05) is 26.1 Å². The fourth-order valence-electron chi connectivity index (χ4n) is 2.78. The molecule has 2 heterocycles. The number of nitrogens with one attached hydrogen (secondary N) is 1. The highest BCUT2D eigenvalue weighted by Crippen LogP contribution is 2.36. The topological polar surface area (TPSA) is 67.9 Å². The summed E-state index contributed by atoms with van der Waals surface area (Å²) in [5, 5.41) is 2.90. The highest BCUT2D eigenvalue weighted by molar-refractivity contribution is 5.98. The monoisotopic (exact) mass is 290 g/mol. The third-order valence-corrected chi connectivity index (χ3v) is 3.82. The molecule has 2 aliphatic rings. The third-order valence-electron chi connectivity index (χ3n) is 3.82. The van der Waals surface area contributed by atoms with Crippen molar-refractivity contribution in [3.8, 4) is 11.5 Å². The molecule has 6 nitrogen and oxygen atoms in total. The molecule has 0 spiro atoms. The number of hydrogen-bond acceptors (Lipinski definition) is 4. The lowest BCUT2D eigenvalue weighted by Crippen LogP contribution is -2.46. The van der Waals surface area contributed by atoms with Gasteiger partial charge in [-0.3, -0.25) is 9.59 Å². The summed E-state index contributed by atoms with van der Waals surface area (Å²) in [6.07, 6.45) is 1.55. The summed E-state index contributed by atoms with van der Waals surface area (Å²) < 4.78 is 10.7. The van der Waals surface area contributed by atoms with Crippen LogP contribution in [0.2, 0.25) is 0 Å². The molecular weight excluding hydrogens is 272 g/mol. The number of benzene rings is 1. The van der Waals surface area contributed by atoms with Crippen molar-refractivity contribution in [2.75, 3.05) is 19.9 Å². The van der Waals surface area contributed by atoms with Crippen molar-refractivity contribution >= 4 is 11.8 Å². The number of amides is 2. The highest BCUT2D eigenvalue weighted by Gasteiger charge is 2.28. The van der Waals surface area contributed by atoms with Crippen LogP contribution in [0.25, 0.3) is 0 Å². The number of para-hydroxylation sites is 1. The molecule has 3 rings (SSSR count). The first kappa shape index (κ1) is 13.7. The predicted molar refractivity (Wildman–Crippen MR) is 75.3 cm³/mol. The zero-order chi connectivity index (χ0) is 14.8. The van der Waals surface area contributed by atoms with Crippen LogP contribution in [0.15, 0.2) is 18.2 Å². The predicted octanol–water partition coefficient (Wildman–Crippen LogP) is 1.16. The van der Waals surface area contributed by atoms with Crippen molar-refractivity contribution in [1.82, 2.24) is 10.2 Å². The Morgan fingerprint density at radius 3 is 2.71 bits per heavy atom. The summed E-state index contributed by atoms with van der Waals surface area (Å²) in [6.45, 7) is 2.94. The molecule has 21 heavy (non-hydrogen) atoms. The summed E-state index contributed by atoms with van der Waals surface area (Å²) in [5.41, 5.74) is 0.544. The minimum atomic E-state index is -0.0429. The number of fused-ring (bicyclic) bond motifs is 1. The number of hydrogen-bond donors (Lipinski definition) is 1. The van der Waals surface area contributed by atoms with Gasteiger partial charge in [0.1, 0.15) is 0 Å². The van der Waals surface area contributed by atoms with Crippen molar-refractivity contribution in [2.45, 2.75) is 25.8 Å². The molecule has 0 aromatic heterocycles. The van der Waals surface area contributed by atoms with Crippen LogP contribution in [-0.2, 0) is 4.79 Å². The van der Waals surface area contributed by atoms with E-state index >= 15 is 0 Å². The molecule has 1 aromatic rings. The number of nitrogens with zero attached hydrogens (tertiary/aromatic N) is 1. The van der Waals surface area contributed by atoms with Crippen LogP contribution in [0.1, 0.15) is 30.1 Å². The van der Waals surface area contributed by atoms with Crippen LogP contribution in [0.5, 0.6) is 11.5 Å². The molecule has 0 saturated carbocycles. The molecule has 0 unspecified atom stereocenters. The summed E-state index contributed by atoms with van der Waals surface area (Å²) >= 11 is 0. The average Bonchev–Trinajstić information content (AvgIpc) is 2.95. The number of carbonyl (C=O) groups is 2. The second-order valence-corrected chi connectivity index (χ2v) is 5.31. The summed E-state index contributed by atoms with van der Waals surface area (Å²) in [7, 11) is 0. The van der Waals surface area contributed by atoms with E-state index in [2.05, 4.69) is 5.32 Å². The van der Waals surface area contributed by atoms with Crippen molar-refractivity contribution in [3.63, 3.8) is 0 Å². The van der Waals surface area contributed by atoms with E-state index in [0.29, 0.717) is 30.2 Å². The molecule has 2 aliphatic heterocycles. The average molecular weight is 290 g/mol. The van der Waals surface area contributed by atoms with Gasteiger partial charge in [0.15, 0.2) is 11.5 Å². The highest BCUT2D eigenvalue weighted by atomic mass is 16.7. The van der Waals surface area contributed by atoms with Crippen LogP contribution < -0.4 is 14.8 Å². The Morgan fingerprint density at radius 2 is 2.00 bits per heavy atom. The van der Waals surface area contributed by atoms with Crippen molar-refractivity contribution in [2.24, 2.45) is 0 Å². The summed E-state index contributed by atoms with van der Waals surface area (Å²) in [4.78, 5) is 25.4. The van der Waals surface area contributed by atoms with Crippen molar-refractivity contribution in [3.05, 3.63) is 23.8 Å². The van der Waals surface area contributed by atoms with Gasteiger partial charge < -0.3 is 19.7 Å². The Morgan fingerprint density at radius 1 is 1.24 bits per heavy atom. The molecule has 0 aliphatic carbocycles. The van der Waals surface area contributed by atoms with Crippen molar-refractivity contribution in [1.29, 1.82) is 0 Å². The van der Waals surface area contributed by atoms with Gasteiger partial charge in [-0.05, 0) is 25.0 Å². The summed E-state index contributed by atoms with van der Waals surface area (Å²) in [5.74, 6) is 1.09. The van der Waals surface area contributed by atoms with E-state index in [1.165, 1.54) is 6.92 Å². The Labute approximate surface area is 123 Å². The van der Waals surface area contributed by atoms with Gasteiger partial charge in [0.2, 0.25) is 12.7 Å². The zero-order valence-corrected chi connectivity index (χ0v) is 11.9. The zero-order valence-electron chi connectivity index (χ0n) is 11.9. The van der Waals surface area contributed by atoms with E-state index in [4.69, 9.17) is 9.47 Å². The molecule has 1 N–H and O–H groups in total. The molecule has 0 atom stereocenters. The lowest BCUT2D eigenvalue weighted by molar-refractivity contribution is -0.119. The summed E-state index contributed by atoms with van der Waals surface area (Å²) in [6, 6.07) is 5.51. The van der Waals surface area contributed by atoms with Gasteiger partial charge in [0.05, 0.1) is 5.56 Å². The van der Waals surface area contributed by atoms with Gasteiger partial charge in [-0.25, -0.2) is 0 Å². The molecule has 1 aromatic carbocycles. The quantitative estimate of drug-likeness (QED) is 0.887. The fourth-order valence-corrected chi connectivity index (χ4v) is 2.78. The molecule has 1 fully saturated rings. The number of piperidine rings is 1. The van der Waals surface area contributed by atoms with E-state index in [-0.39, 0.29) is 24.6 Å². The van der Waals surface area contributed by atoms with E-state index in [1.54, 1.807) is 23.1 Å². The maximum absolute atomic E-state index is 12.6. The Bertz CT molecular complexity index is 565. The van der Waals surface area contributed by atoms with Crippen LogP contribution >= 0.6 is 0 Å². The first-order chi connectivity index (χ1) is 10.1. The van der Waals surface area contributed by atoms with E-state index in [9.17, 15) is 9.59 Å². The SMILES string of the molecule is CC(=O)NC1CCN(C(=O)c2cccc3c2OCO3)CC1. The molecule has 112 valence electrons. The molecular formula is C15H18N2O4. The van der Waals surface area contributed by atoms with Crippen LogP contribution in [-0.4, -0.2) is 42.6 Å². The molecule has 0 bridgehead atoms. The normalized spacial score (nSPS) is 17.7. The van der Waals surface area contributed by atoms with Crippen LogP contribution in [0.3, 0.4) is 0 Å². The van der Waals surface area contributed by atoms with Gasteiger partial charge >= 0.3 is 0 Å². The van der Waals surface area contributed by atoms with Gasteiger partial charge in [-0.15, -0.1) is 0 Å². The Kier molecular flexibility index (Phi) is 3.68. The van der Waals surface area contributed by atoms with Gasteiger partial charge in [-0.2, -0.15) is 0 Å². The number of rotatable bonds is 2. The minimum Gasteiger partial charge on any atom is -0.454 e. The maximum atomic E-state index is 12.6. The largest absolute Gasteiger partial charge is 0.454 e. The Balaban J connectivity index is 1.68. The second kappa shape index (κ2) is 5.63. The van der Waals surface area contributed by atoms with Crippen LogP contribution in [0, 0.1) is 0 Å². The molecule has 0 radical (unpaired) electrons. The lowest BCUT2D eigenvalue weighted by Gasteiger charge is -2.32. The fraction of sp³-hybridized carbons (Fsp3) is 0.467. The molecule has 1 saturated heterocycles. The van der Waals surface area contributed by atoms with E-state index < -0.39 is 0 Å². The number of likely N-dealkylation sites (tertiary alicyclic amines) is 1. The smallest absolute Gasteiger partial charge is 0.257 e. The van der Waals surface area contributed by atoms with Gasteiger partial charge in [-0.1, -0.05) is 6.07 Å². The Hall–Kier alpha value is -2.24. The molecule has 2 amide bonds. The first-order valence-corrected chi connectivity index (χ1v) is 7.10. The number of carbonyl (C=O) groups excluding carboxylic acids is 2.